The quantitative estimate of drug-likeness (QED) is 0.362. The van der Waals surface area contributed by atoms with Crippen LogP contribution in [0.15, 0.2) is 0 Å². The van der Waals surface area contributed by atoms with E-state index in [1.165, 1.54) is 0 Å². The van der Waals surface area contributed by atoms with E-state index >= 15 is 0 Å². The molecule has 1 rings (SSSR count). The summed E-state index contributed by atoms with van der Waals surface area (Å²) in [4.78, 5) is 10.8. The molecule has 5 atom stereocenters. The van der Waals surface area contributed by atoms with Crippen LogP contribution in [0, 0.1) is 0 Å². The highest BCUT2D eigenvalue weighted by atomic mass is 16.6. The summed E-state index contributed by atoms with van der Waals surface area (Å²) in [6.07, 6.45) is -7.60. The predicted molar refractivity (Wildman–Crippen MR) is 39.6 cm³/mol. The molecule has 0 radical (unpaired) electrons. The molecule has 0 aromatic rings. The van der Waals surface area contributed by atoms with E-state index in [2.05, 4.69) is 4.74 Å². The van der Waals surface area contributed by atoms with Crippen LogP contribution in [0.3, 0.4) is 0 Å². The summed E-state index contributed by atoms with van der Waals surface area (Å²) >= 11 is 0. The van der Waals surface area contributed by atoms with Crippen molar-refractivity contribution in [1.29, 1.82) is 0 Å². The average Bonchev–Trinajstić information content (AvgIpc) is 2.07. The Morgan fingerprint density at radius 3 is 2.08 bits per heavy atom. The van der Waals surface area contributed by atoms with Gasteiger partial charge in [-0.1, -0.05) is 0 Å². The molecule has 0 aromatic carbocycles. The van der Waals surface area contributed by atoms with Gasteiger partial charge in [0.25, 0.3) is 0 Å². The number of ketones is 1. The summed E-state index contributed by atoms with van der Waals surface area (Å²) < 4.78 is 4.59. The molecule has 0 spiro atoms. The van der Waals surface area contributed by atoms with E-state index < -0.39 is 36.5 Å². The zero-order chi connectivity index (χ0) is 10.2. The van der Waals surface area contributed by atoms with Crippen molar-refractivity contribution in [2.24, 2.45) is 0 Å². The molecule has 6 nitrogen and oxygen atoms in total. The molecule has 0 saturated carbocycles. The Morgan fingerprint density at radius 1 is 1.08 bits per heavy atom. The van der Waals surface area contributed by atoms with Crippen LogP contribution in [-0.2, 0) is 9.53 Å². The van der Waals surface area contributed by atoms with Crippen LogP contribution in [0.4, 0.5) is 0 Å². The van der Waals surface area contributed by atoms with Gasteiger partial charge in [0.2, 0.25) is 0 Å². The second-order valence-corrected chi connectivity index (χ2v) is 3.03. The Morgan fingerprint density at radius 2 is 1.62 bits per heavy atom. The van der Waals surface area contributed by atoms with Gasteiger partial charge < -0.3 is 25.2 Å². The van der Waals surface area contributed by atoms with Crippen LogP contribution < -0.4 is 0 Å². The standard InChI is InChI=1S/C7H12O6/c1-2(8)6-4(10)3(9)5(11)7(12)13-6/h3-7,9-12H,1H3/t3-,4-,5-,6+,7+/m1/s1. The van der Waals surface area contributed by atoms with E-state index in [4.69, 9.17) is 15.3 Å². The maximum atomic E-state index is 10.8. The highest BCUT2D eigenvalue weighted by Crippen LogP contribution is 2.20. The van der Waals surface area contributed by atoms with Crippen molar-refractivity contribution in [3.63, 3.8) is 0 Å². The zero-order valence-electron chi connectivity index (χ0n) is 6.99. The van der Waals surface area contributed by atoms with Gasteiger partial charge in [-0.2, -0.15) is 0 Å². The first-order valence-corrected chi connectivity index (χ1v) is 3.83. The Hall–Kier alpha value is -0.530. The van der Waals surface area contributed by atoms with Gasteiger partial charge in [-0.25, -0.2) is 0 Å². The van der Waals surface area contributed by atoms with E-state index in [0.717, 1.165) is 6.92 Å². The summed E-state index contributed by atoms with van der Waals surface area (Å²) in [5.74, 6) is -0.516. The van der Waals surface area contributed by atoms with Crippen LogP contribution in [0.5, 0.6) is 0 Å². The summed E-state index contributed by atoms with van der Waals surface area (Å²) in [7, 11) is 0. The van der Waals surface area contributed by atoms with Gasteiger partial charge in [0.15, 0.2) is 12.1 Å². The van der Waals surface area contributed by atoms with Crippen LogP contribution in [0.25, 0.3) is 0 Å². The SMILES string of the molecule is CC(=O)[C@@H]1O[C@H](O)[C@H](O)[C@H](O)[C@H]1O. The van der Waals surface area contributed by atoms with Gasteiger partial charge in [-0.3, -0.25) is 4.79 Å². The van der Waals surface area contributed by atoms with Gasteiger partial charge in [0.05, 0.1) is 0 Å². The molecule has 1 fully saturated rings. The fraction of sp³-hybridized carbons (Fsp3) is 0.857. The second-order valence-electron chi connectivity index (χ2n) is 3.03. The van der Waals surface area contributed by atoms with E-state index in [0.29, 0.717) is 0 Å². The number of aliphatic hydroxyl groups is 4. The lowest BCUT2D eigenvalue weighted by Crippen LogP contribution is -2.59. The summed E-state index contributed by atoms with van der Waals surface area (Å²) in [5.41, 5.74) is 0. The van der Waals surface area contributed by atoms with Crippen molar-refractivity contribution in [3.05, 3.63) is 0 Å². The number of aliphatic hydroxyl groups excluding tert-OH is 4. The zero-order valence-corrected chi connectivity index (χ0v) is 6.99. The van der Waals surface area contributed by atoms with E-state index in [9.17, 15) is 9.90 Å². The second kappa shape index (κ2) is 3.69. The normalized spacial score (nSPS) is 46.1. The third-order valence-electron chi connectivity index (χ3n) is 1.99. The average molecular weight is 192 g/mol. The molecule has 76 valence electrons. The molecule has 1 aliphatic rings. The summed E-state index contributed by atoms with van der Waals surface area (Å²) in [6, 6.07) is 0. The molecule has 13 heavy (non-hydrogen) atoms. The van der Waals surface area contributed by atoms with Gasteiger partial charge in [0.1, 0.15) is 24.4 Å². The van der Waals surface area contributed by atoms with Gasteiger partial charge in [0, 0.05) is 0 Å². The third-order valence-corrected chi connectivity index (χ3v) is 1.99. The Balaban J connectivity index is 2.76. The van der Waals surface area contributed by atoms with Gasteiger partial charge in [-0.05, 0) is 6.92 Å². The van der Waals surface area contributed by atoms with Crippen molar-refractivity contribution in [2.75, 3.05) is 0 Å². The summed E-state index contributed by atoms with van der Waals surface area (Å²) in [5, 5.41) is 36.4. The van der Waals surface area contributed by atoms with Crippen molar-refractivity contribution in [2.45, 2.75) is 37.6 Å². The number of hydrogen-bond donors (Lipinski definition) is 4. The molecule has 0 aromatic heterocycles. The molecule has 4 N–H and O–H groups in total. The number of carbonyl (C=O) groups excluding carboxylic acids is 1. The Labute approximate surface area is 74.4 Å². The largest absolute Gasteiger partial charge is 0.387 e. The molecule has 1 aliphatic heterocycles. The maximum Gasteiger partial charge on any atom is 0.184 e. The molecule has 1 saturated heterocycles. The lowest BCUT2D eigenvalue weighted by atomic mass is 9.97. The first-order chi connectivity index (χ1) is 5.95. The number of Topliss-reactive ketones (excluding diaryl/α,β-unsaturated/α-hetero) is 1. The molecule has 0 amide bonds. The van der Waals surface area contributed by atoms with Gasteiger partial charge in [-0.15, -0.1) is 0 Å². The molecular weight excluding hydrogens is 180 g/mol. The molecule has 0 unspecified atom stereocenters. The van der Waals surface area contributed by atoms with E-state index in [1.54, 1.807) is 0 Å². The van der Waals surface area contributed by atoms with Crippen molar-refractivity contribution in [1.82, 2.24) is 0 Å². The van der Waals surface area contributed by atoms with Crippen molar-refractivity contribution in [3.8, 4) is 0 Å². The first-order valence-electron chi connectivity index (χ1n) is 3.83. The van der Waals surface area contributed by atoms with Crippen molar-refractivity contribution < 1.29 is 30.0 Å². The predicted octanol–water partition coefficient (Wildman–Crippen LogP) is -2.62. The van der Waals surface area contributed by atoms with E-state index in [1.807, 2.05) is 0 Å². The number of hydrogen-bond acceptors (Lipinski definition) is 6. The first kappa shape index (κ1) is 10.6. The van der Waals surface area contributed by atoms with Crippen LogP contribution in [-0.4, -0.2) is 56.9 Å². The molecule has 0 aliphatic carbocycles. The molecule has 6 heteroatoms. The fourth-order valence-corrected chi connectivity index (χ4v) is 1.20. The minimum absolute atomic E-state index is 0.516. The highest BCUT2D eigenvalue weighted by molar-refractivity contribution is 5.81. The molecule has 1 heterocycles. The Bertz CT molecular complexity index is 205. The number of carbonyl (C=O) groups is 1. The van der Waals surface area contributed by atoms with Crippen LogP contribution >= 0.6 is 0 Å². The van der Waals surface area contributed by atoms with Crippen molar-refractivity contribution >= 4 is 5.78 Å². The summed E-state index contributed by atoms with van der Waals surface area (Å²) in [6.45, 7) is 1.16. The maximum absolute atomic E-state index is 10.8. The van der Waals surface area contributed by atoms with Crippen LogP contribution in [0.2, 0.25) is 0 Å². The lowest BCUT2D eigenvalue weighted by Gasteiger charge is -2.37. The van der Waals surface area contributed by atoms with E-state index in [-0.39, 0.29) is 0 Å². The number of ether oxygens (including phenoxy) is 1. The highest BCUT2D eigenvalue weighted by Gasteiger charge is 2.44. The molecular formula is C7H12O6. The minimum Gasteiger partial charge on any atom is -0.387 e. The minimum atomic E-state index is -1.65. The third kappa shape index (κ3) is 1.87. The van der Waals surface area contributed by atoms with Crippen LogP contribution in [0.1, 0.15) is 6.92 Å². The van der Waals surface area contributed by atoms with Gasteiger partial charge >= 0.3 is 0 Å². The monoisotopic (exact) mass is 192 g/mol. The lowest BCUT2D eigenvalue weighted by molar-refractivity contribution is -0.274. The Kier molecular flexibility index (Phi) is 2.99. The molecule has 0 bridgehead atoms. The fourth-order valence-electron chi connectivity index (χ4n) is 1.20. The topological polar surface area (TPSA) is 107 Å². The number of rotatable bonds is 1. The smallest absolute Gasteiger partial charge is 0.184 e.